The first kappa shape index (κ1) is 16.2. The predicted molar refractivity (Wildman–Crippen MR) is 91.1 cm³/mol. The number of aromatic nitrogens is 2. The quantitative estimate of drug-likeness (QED) is 0.825. The van der Waals surface area contributed by atoms with E-state index in [1.54, 1.807) is 23.0 Å². The molecule has 2 heterocycles. The lowest BCUT2D eigenvalue weighted by atomic mass is 10.2. The van der Waals surface area contributed by atoms with Gasteiger partial charge in [0.05, 0.1) is 11.9 Å². The lowest BCUT2D eigenvalue weighted by Crippen LogP contribution is -2.30. The van der Waals surface area contributed by atoms with Crippen LogP contribution in [-0.2, 0) is 4.79 Å². The summed E-state index contributed by atoms with van der Waals surface area (Å²) in [5, 5.41) is 7.15. The molecule has 0 bridgehead atoms. The number of aryl methyl sites for hydroxylation is 1. The summed E-state index contributed by atoms with van der Waals surface area (Å²) >= 11 is 0. The number of likely N-dealkylation sites (tertiary alicyclic amines) is 1. The van der Waals surface area contributed by atoms with Gasteiger partial charge in [0, 0.05) is 37.8 Å². The van der Waals surface area contributed by atoms with Crippen molar-refractivity contribution in [2.24, 2.45) is 0 Å². The van der Waals surface area contributed by atoms with Crippen molar-refractivity contribution in [3.8, 4) is 5.69 Å². The fourth-order valence-electron chi connectivity index (χ4n) is 2.83. The second-order valence-corrected chi connectivity index (χ2v) is 6.10. The molecular formula is C18H22N4O2. The topological polar surface area (TPSA) is 67.2 Å². The van der Waals surface area contributed by atoms with Gasteiger partial charge in [-0.15, -0.1) is 0 Å². The number of benzene rings is 1. The normalized spacial score (nSPS) is 14.2. The molecule has 2 aromatic rings. The van der Waals surface area contributed by atoms with E-state index in [1.165, 1.54) is 0 Å². The van der Waals surface area contributed by atoms with Gasteiger partial charge in [0.1, 0.15) is 0 Å². The van der Waals surface area contributed by atoms with Crippen molar-refractivity contribution in [1.29, 1.82) is 0 Å². The highest BCUT2D eigenvalue weighted by Gasteiger charge is 2.19. The van der Waals surface area contributed by atoms with Gasteiger partial charge < -0.3 is 10.2 Å². The van der Waals surface area contributed by atoms with Crippen molar-refractivity contribution < 1.29 is 9.59 Å². The fourth-order valence-corrected chi connectivity index (χ4v) is 2.83. The zero-order valence-corrected chi connectivity index (χ0v) is 13.9. The highest BCUT2D eigenvalue weighted by Crippen LogP contribution is 2.11. The number of nitrogens with one attached hydrogen (secondary N) is 1. The molecule has 1 aromatic heterocycles. The summed E-state index contributed by atoms with van der Waals surface area (Å²) in [7, 11) is 0. The first-order valence-electron chi connectivity index (χ1n) is 8.31. The van der Waals surface area contributed by atoms with Crippen LogP contribution >= 0.6 is 0 Å². The molecule has 1 fully saturated rings. The van der Waals surface area contributed by atoms with Crippen LogP contribution in [0.4, 0.5) is 0 Å². The number of carbonyl (C=O) groups is 2. The number of hydrogen-bond donors (Lipinski definition) is 1. The van der Waals surface area contributed by atoms with Gasteiger partial charge in [0.15, 0.2) is 0 Å². The van der Waals surface area contributed by atoms with E-state index in [-0.39, 0.29) is 11.8 Å². The Morgan fingerprint density at radius 2 is 2.08 bits per heavy atom. The van der Waals surface area contributed by atoms with Crippen LogP contribution in [0.25, 0.3) is 5.69 Å². The van der Waals surface area contributed by atoms with Gasteiger partial charge in [-0.3, -0.25) is 9.59 Å². The SMILES string of the molecule is Cc1cnn(-c2ccc(C(=O)NCCCN3CCCC3=O)cc2)c1. The molecule has 126 valence electrons. The van der Waals surface area contributed by atoms with Crippen molar-refractivity contribution in [2.75, 3.05) is 19.6 Å². The second-order valence-electron chi connectivity index (χ2n) is 6.10. The Bertz CT molecular complexity index is 721. The molecular weight excluding hydrogens is 304 g/mol. The van der Waals surface area contributed by atoms with E-state index in [4.69, 9.17) is 0 Å². The minimum Gasteiger partial charge on any atom is -0.352 e. The summed E-state index contributed by atoms with van der Waals surface area (Å²) in [4.78, 5) is 25.5. The van der Waals surface area contributed by atoms with Gasteiger partial charge >= 0.3 is 0 Å². The van der Waals surface area contributed by atoms with Crippen molar-refractivity contribution in [3.05, 3.63) is 47.8 Å². The van der Waals surface area contributed by atoms with Crippen molar-refractivity contribution >= 4 is 11.8 Å². The minimum absolute atomic E-state index is 0.0917. The number of carbonyl (C=O) groups excluding carboxylic acids is 2. The molecule has 1 aliphatic heterocycles. The van der Waals surface area contributed by atoms with Gasteiger partial charge in [0.2, 0.25) is 5.91 Å². The molecule has 2 amide bonds. The van der Waals surface area contributed by atoms with E-state index >= 15 is 0 Å². The Morgan fingerprint density at radius 3 is 2.71 bits per heavy atom. The molecule has 6 nitrogen and oxygen atoms in total. The first-order chi connectivity index (χ1) is 11.6. The van der Waals surface area contributed by atoms with Gasteiger partial charge in [0.25, 0.3) is 5.91 Å². The van der Waals surface area contributed by atoms with E-state index in [0.29, 0.717) is 18.5 Å². The van der Waals surface area contributed by atoms with E-state index < -0.39 is 0 Å². The van der Waals surface area contributed by atoms with Crippen LogP contribution in [0.2, 0.25) is 0 Å². The third-order valence-electron chi connectivity index (χ3n) is 4.17. The maximum absolute atomic E-state index is 12.1. The monoisotopic (exact) mass is 326 g/mol. The fraction of sp³-hybridized carbons (Fsp3) is 0.389. The molecule has 6 heteroatoms. The number of rotatable bonds is 6. The molecule has 0 spiro atoms. The molecule has 1 saturated heterocycles. The average molecular weight is 326 g/mol. The molecule has 1 aromatic carbocycles. The Labute approximate surface area is 141 Å². The molecule has 1 aliphatic rings. The summed E-state index contributed by atoms with van der Waals surface area (Å²) in [6.07, 6.45) is 6.13. The molecule has 0 radical (unpaired) electrons. The average Bonchev–Trinajstić information content (AvgIpc) is 3.20. The zero-order chi connectivity index (χ0) is 16.9. The predicted octanol–water partition coefficient (Wildman–Crippen LogP) is 1.92. The van der Waals surface area contributed by atoms with Gasteiger partial charge in [-0.05, 0) is 49.6 Å². The van der Waals surface area contributed by atoms with Gasteiger partial charge in [-0.1, -0.05) is 0 Å². The summed E-state index contributed by atoms with van der Waals surface area (Å²) < 4.78 is 1.78. The maximum Gasteiger partial charge on any atom is 0.251 e. The third kappa shape index (κ3) is 3.82. The number of nitrogens with zero attached hydrogens (tertiary/aromatic N) is 3. The Kier molecular flexibility index (Phi) is 4.93. The molecule has 0 saturated carbocycles. The van der Waals surface area contributed by atoms with Crippen LogP contribution in [0.5, 0.6) is 0 Å². The molecule has 24 heavy (non-hydrogen) atoms. The lowest BCUT2D eigenvalue weighted by Gasteiger charge is -2.15. The molecule has 1 N–H and O–H groups in total. The minimum atomic E-state index is -0.0917. The lowest BCUT2D eigenvalue weighted by molar-refractivity contribution is -0.127. The molecule has 0 unspecified atom stereocenters. The number of amides is 2. The van der Waals surface area contributed by atoms with Crippen LogP contribution in [0.1, 0.15) is 35.2 Å². The smallest absolute Gasteiger partial charge is 0.251 e. The summed E-state index contributed by atoms with van der Waals surface area (Å²) in [6.45, 7) is 4.13. The second kappa shape index (κ2) is 7.29. The van der Waals surface area contributed by atoms with E-state index in [0.717, 1.165) is 37.2 Å². The van der Waals surface area contributed by atoms with E-state index in [9.17, 15) is 9.59 Å². The van der Waals surface area contributed by atoms with Gasteiger partial charge in [-0.25, -0.2) is 4.68 Å². The van der Waals surface area contributed by atoms with Gasteiger partial charge in [-0.2, -0.15) is 5.10 Å². The summed E-state index contributed by atoms with van der Waals surface area (Å²) in [5.74, 6) is 0.136. The Hall–Kier alpha value is -2.63. The highest BCUT2D eigenvalue weighted by molar-refractivity contribution is 5.94. The van der Waals surface area contributed by atoms with Crippen LogP contribution in [0.15, 0.2) is 36.7 Å². The van der Waals surface area contributed by atoms with Crippen molar-refractivity contribution in [1.82, 2.24) is 20.0 Å². The Balaban J connectivity index is 1.47. The van der Waals surface area contributed by atoms with E-state index in [1.807, 2.05) is 30.2 Å². The van der Waals surface area contributed by atoms with Crippen LogP contribution in [0.3, 0.4) is 0 Å². The zero-order valence-electron chi connectivity index (χ0n) is 13.9. The van der Waals surface area contributed by atoms with Crippen molar-refractivity contribution in [2.45, 2.75) is 26.2 Å². The third-order valence-corrected chi connectivity index (χ3v) is 4.17. The van der Waals surface area contributed by atoms with Crippen LogP contribution in [-0.4, -0.2) is 46.1 Å². The first-order valence-corrected chi connectivity index (χ1v) is 8.31. The Morgan fingerprint density at radius 1 is 1.29 bits per heavy atom. The van der Waals surface area contributed by atoms with Crippen molar-refractivity contribution in [3.63, 3.8) is 0 Å². The summed E-state index contributed by atoms with van der Waals surface area (Å²) in [6, 6.07) is 7.35. The number of hydrogen-bond acceptors (Lipinski definition) is 3. The largest absolute Gasteiger partial charge is 0.352 e. The maximum atomic E-state index is 12.1. The van der Waals surface area contributed by atoms with Crippen LogP contribution < -0.4 is 5.32 Å². The molecule has 0 aliphatic carbocycles. The summed E-state index contributed by atoms with van der Waals surface area (Å²) in [5.41, 5.74) is 2.64. The van der Waals surface area contributed by atoms with Crippen LogP contribution in [0, 0.1) is 6.92 Å². The standard InChI is InChI=1S/C18H22N4O2/c1-14-12-20-22(13-14)16-7-5-15(6-8-16)18(24)19-9-3-11-21-10-2-4-17(21)23/h5-8,12-13H,2-4,9-11H2,1H3,(H,19,24). The molecule has 0 atom stereocenters. The molecule has 3 rings (SSSR count). The van der Waals surface area contributed by atoms with E-state index in [2.05, 4.69) is 10.4 Å². The highest BCUT2D eigenvalue weighted by atomic mass is 16.2.